The molecule has 2 aliphatic heterocycles. The van der Waals surface area contributed by atoms with Crippen LogP contribution in [0.1, 0.15) is 52.0 Å². The van der Waals surface area contributed by atoms with E-state index in [-0.39, 0.29) is 23.9 Å². The molecule has 180 valence electrons. The molecule has 6 nitrogen and oxygen atoms in total. The quantitative estimate of drug-likeness (QED) is 0.620. The predicted molar refractivity (Wildman–Crippen MR) is 134 cm³/mol. The van der Waals surface area contributed by atoms with Gasteiger partial charge in [-0.15, -0.1) is 0 Å². The summed E-state index contributed by atoms with van der Waals surface area (Å²) in [6.07, 6.45) is 2.34. The van der Waals surface area contributed by atoms with Crippen LogP contribution in [0.4, 0.5) is 4.39 Å². The van der Waals surface area contributed by atoms with Gasteiger partial charge in [0, 0.05) is 50.0 Å². The van der Waals surface area contributed by atoms with Gasteiger partial charge in [-0.3, -0.25) is 4.79 Å². The number of nitrogens with one attached hydrogen (secondary N) is 2. The Hall–Kier alpha value is -1.93. The minimum Gasteiger partial charge on any atom is -0.367 e. The summed E-state index contributed by atoms with van der Waals surface area (Å²) < 4.78 is 14.7. The predicted octanol–water partition coefficient (Wildman–Crippen LogP) is 3.85. The van der Waals surface area contributed by atoms with Gasteiger partial charge in [0.25, 0.3) is 0 Å². The van der Waals surface area contributed by atoms with E-state index < -0.39 is 5.92 Å². The standard InChI is InChI=1S/C25H35BrFN5O/c1-15(2)28-14-19(18-6-7-20(26)21(27)13-18)25(33)32-11-9-31(10-12-32)24-23-16(3)5-8-22(23)29-17(4)30-24/h6-7,13,15-17,19,28-29H,5,8-12,14H2,1-4H3/t16-,17?,19-/m1/s1. The maximum absolute atomic E-state index is 14.2. The number of benzene rings is 1. The number of nitrogens with zero attached hydrogens (tertiary/aromatic N) is 3. The molecule has 1 amide bonds. The molecule has 3 atom stereocenters. The first-order chi connectivity index (χ1) is 15.7. The van der Waals surface area contributed by atoms with Crippen LogP contribution in [0.25, 0.3) is 0 Å². The molecule has 1 unspecified atom stereocenters. The van der Waals surface area contributed by atoms with Crippen LogP contribution < -0.4 is 10.6 Å². The van der Waals surface area contributed by atoms with E-state index in [0.717, 1.165) is 31.8 Å². The number of rotatable bonds is 5. The van der Waals surface area contributed by atoms with Crippen molar-refractivity contribution in [2.24, 2.45) is 10.9 Å². The Kier molecular flexibility index (Phi) is 7.43. The highest BCUT2D eigenvalue weighted by Gasteiger charge is 2.35. The van der Waals surface area contributed by atoms with Crippen molar-refractivity contribution < 1.29 is 9.18 Å². The van der Waals surface area contributed by atoms with Gasteiger partial charge in [-0.1, -0.05) is 26.8 Å². The van der Waals surface area contributed by atoms with E-state index in [0.29, 0.717) is 35.6 Å². The van der Waals surface area contributed by atoms with Crippen LogP contribution in [0, 0.1) is 11.7 Å². The Morgan fingerprint density at radius 2 is 2.00 bits per heavy atom. The minimum absolute atomic E-state index is 0.0549. The molecule has 0 aromatic heterocycles. The summed E-state index contributed by atoms with van der Waals surface area (Å²) in [4.78, 5) is 22.8. The molecule has 1 aromatic rings. The number of hydrogen-bond acceptors (Lipinski definition) is 5. The smallest absolute Gasteiger partial charge is 0.231 e. The van der Waals surface area contributed by atoms with E-state index >= 15 is 0 Å². The van der Waals surface area contributed by atoms with E-state index in [4.69, 9.17) is 4.99 Å². The third kappa shape index (κ3) is 5.27. The van der Waals surface area contributed by atoms with Crippen LogP contribution in [-0.4, -0.2) is 66.5 Å². The maximum Gasteiger partial charge on any atom is 0.231 e. The summed E-state index contributed by atoms with van der Waals surface area (Å²) in [5.74, 6) is 0.923. The minimum atomic E-state index is -0.415. The lowest BCUT2D eigenvalue weighted by molar-refractivity contribution is -0.134. The van der Waals surface area contributed by atoms with Crippen LogP contribution in [0.3, 0.4) is 0 Å². The first-order valence-corrected chi connectivity index (χ1v) is 12.8. The molecule has 0 radical (unpaired) electrons. The fraction of sp³-hybridized carbons (Fsp3) is 0.600. The Morgan fingerprint density at radius 3 is 2.67 bits per heavy atom. The van der Waals surface area contributed by atoms with Gasteiger partial charge in [0.15, 0.2) is 0 Å². The van der Waals surface area contributed by atoms with Gasteiger partial charge >= 0.3 is 0 Å². The molecule has 0 bridgehead atoms. The van der Waals surface area contributed by atoms with Gasteiger partial charge in [0.1, 0.15) is 17.8 Å². The zero-order valence-corrected chi connectivity index (χ0v) is 21.6. The summed E-state index contributed by atoms with van der Waals surface area (Å²) in [5.41, 5.74) is 3.41. The Bertz CT molecular complexity index is 954. The van der Waals surface area contributed by atoms with Crippen LogP contribution in [0.15, 0.2) is 38.9 Å². The van der Waals surface area contributed by atoms with Crippen molar-refractivity contribution in [2.75, 3.05) is 32.7 Å². The number of allylic oxidation sites excluding steroid dienone is 1. The lowest BCUT2D eigenvalue weighted by Crippen LogP contribution is -2.54. The fourth-order valence-corrected chi connectivity index (χ4v) is 5.27. The summed E-state index contributed by atoms with van der Waals surface area (Å²) in [6, 6.07) is 5.25. The highest BCUT2D eigenvalue weighted by atomic mass is 79.9. The van der Waals surface area contributed by atoms with Crippen LogP contribution in [0.2, 0.25) is 0 Å². The van der Waals surface area contributed by atoms with Gasteiger partial charge in [-0.25, -0.2) is 9.38 Å². The van der Waals surface area contributed by atoms with Crippen molar-refractivity contribution in [1.82, 2.24) is 20.4 Å². The first kappa shape index (κ1) is 24.2. The molecule has 1 aliphatic carbocycles. The molecule has 0 saturated carbocycles. The second-order valence-electron chi connectivity index (χ2n) is 9.71. The van der Waals surface area contributed by atoms with Gasteiger partial charge in [-0.05, 0) is 59.3 Å². The summed E-state index contributed by atoms with van der Waals surface area (Å²) in [5, 5.41) is 6.90. The van der Waals surface area contributed by atoms with E-state index in [1.54, 1.807) is 6.07 Å². The van der Waals surface area contributed by atoms with Crippen molar-refractivity contribution >= 4 is 27.7 Å². The molecule has 1 fully saturated rings. The second-order valence-corrected chi connectivity index (χ2v) is 10.6. The number of amides is 1. The number of piperazine rings is 1. The number of hydrogen-bond donors (Lipinski definition) is 2. The molecule has 1 saturated heterocycles. The average Bonchev–Trinajstić information content (AvgIpc) is 3.15. The van der Waals surface area contributed by atoms with E-state index in [1.165, 1.54) is 17.3 Å². The Morgan fingerprint density at radius 1 is 1.27 bits per heavy atom. The summed E-state index contributed by atoms with van der Waals surface area (Å²) >= 11 is 3.22. The third-order valence-corrected chi connectivity index (χ3v) is 7.49. The lowest BCUT2D eigenvalue weighted by Gasteiger charge is -2.40. The molecule has 33 heavy (non-hydrogen) atoms. The zero-order chi connectivity index (χ0) is 23.7. The van der Waals surface area contributed by atoms with E-state index in [9.17, 15) is 9.18 Å². The number of aliphatic imine (C=N–C) groups is 1. The molecule has 8 heteroatoms. The molecule has 2 heterocycles. The monoisotopic (exact) mass is 519 g/mol. The average molecular weight is 520 g/mol. The van der Waals surface area contributed by atoms with E-state index in [2.05, 4.69) is 59.2 Å². The summed E-state index contributed by atoms with van der Waals surface area (Å²) in [6.45, 7) is 11.8. The number of carbonyl (C=O) groups is 1. The van der Waals surface area contributed by atoms with Gasteiger partial charge in [0.2, 0.25) is 5.91 Å². The summed E-state index contributed by atoms with van der Waals surface area (Å²) in [7, 11) is 0. The van der Waals surface area contributed by atoms with Crippen molar-refractivity contribution in [1.29, 1.82) is 0 Å². The lowest BCUT2D eigenvalue weighted by atomic mass is 9.96. The molecule has 4 rings (SSSR count). The molecule has 2 N–H and O–H groups in total. The second kappa shape index (κ2) is 10.1. The number of amidine groups is 1. The molecule has 3 aliphatic rings. The zero-order valence-electron chi connectivity index (χ0n) is 20.0. The van der Waals surface area contributed by atoms with Gasteiger partial charge in [0.05, 0.1) is 10.4 Å². The SMILES string of the molecule is CC(C)NC[C@@H](C(=O)N1CCN(C2=NC(C)NC3=C2[C@H](C)CC3)CC1)c1ccc(Br)c(F)c1. The van der Waals surface area contributed by atoms with Crippen LogP contribution in [0.5, 0.6) is 0 Å². The highest BCUT2D eigenvalue weighted by Crippen LogP contribution is 2.35. The first-order valence-electron chi connectivity index (χ1n) is 12.0. The van der Waals surface area contributed by atoms with E-state index in [1.807, 2.05) is 11.0 Å². The highest BCUT2D eigenvalue weighted by molar-refractivity contribution is 9.10. The Labute approximate surface area is 204 Å². The topological polar surface area (TPSA) is 60.0 Å². The normalized spacial score (nSPS) is 24.0. The largest absolute Gasteiger partial charge is 0.367 e. The fourth-order valence-electron chi connectivity index (χ4n) is 5.02. The van der Waals surface area contributed by atoms with Crippen molar-refractivity contribution in [3.8, 4) is 0 Å². The molecule has 1 aromatic carbocycles. The van der Waals surface area contributed by atoms with Crippen LogP contribution in [-0.2, 0) is 4.79 Å². The molecular weight excluding hydrogens is 485 g/mol. The van der Waals surface area contributed by atoms with Gasteiger partial charge < -0.3 is 20.4 Å². The van der Waals surface area contributed by atoms with Crippen molar-refractivity contribution in [2.45, 2.75) is 58.7 Å². The maximum atomic E-state index is 14.2. The Balaban J connectivity index is 1.47. The van der Waals surface area contributed by atoms with Crippen LogP contribution >= 0.6 is 15.9 Å². The third-order valence-electron chi connectivity index (χ3n) is 6.85. The molecule has 0 spiro atoms. The number of halogens is 2. The van der Waals surface area contributed by atoms with Crippen molar-refractivity contribution in [3.05, 3.63) is 45.3 Å². The van der Waals surface area contributed by atoms with Crippen molar-refractivity contribution in [3.63, 3.8) is 0 Å². The molecular formula is C25H35BrFN5O. The van der Waals surface area contributed by atoms with Gasteiger partial charge in [-0.2, -0.15) is 0 Å². The number of carbonyl (C=O) groups excluding carboxylic acids is 1.